The molecule has 0 saturated carbocycles. The van der Waals surface area contributed by atoms with Gasteiger partial charge in [0.15, 0.2) is 5.60 Å². The second kappa shape index (κ2) is 2.38. The lowest BCUT2D eigenvalue weighted by atomic mass is 9.87. The van der Waals surface area contributed by atoms with Gasteiger partial charge in [0, 0.05) is 7.11 Å². The number of methoxy groups -OCH3 is 1. The quantitative estimate of drug-likeness (QED) is 0.618. The van der Waals surface area contributed by atoms with Gasteiger partial charge in [-0.3, -0.25) is 0 Å². The molecule has 0 amide bonds. The minimum atomic E-state index is -2.76. The maximum atomic E-state index is 13.0. The van der Waals surface area contributed by atoms with Crippen molar-refractivity contribution in [3.8, 4) is 0 Å². The molecule has 0 bridgehead atoms. The zero-order valence-electron chi connectivity index (χ0n) is 6.86. The molecule has 0 aromatic rings. The Hall–Kier alpha value is -0.220. The van der Waals surface area contributed by atoms with Crippen LogP contribution in [0.3, 0.4) is 0 Å². The lowest BCUT2D eigenvalue weighted by molar-refractivity contribution is -0.371. The highest BCUT2D eigenvalue weighted by atomic mass is 19.3. The van der Waals surface area contributed by atoms with Crippen LogP contribution in [0, 0.1) is 0 Å². The Morgan fingerprint density at radius 3 is 2.36 bits per heavy atom. The van der Waals surface area contributed by atoms with Gasteiger partial charge in [0.1, 0.15) is 6.10 Å². The minimum absolute atomic E-state index is 0.0651. The summed E-state index contributed by atoms with van der Waals surface area (Å²) in [5.74, 6) is -2.76. The van der Waals surface area contributed by atoms with Crippen LogP contribution in [0.5, 0.6) is 0 Å². The number of hydrogen-bond acceptors (Lipinski definition) is 2. The fraction of sp³-hybridized carbons (Fsp3) is 1.00. The van der Waals surface area contributed by atoms with Crippen molar-refractivity contribution in [3.05, 3.63) is 0 Å². The van der Waals surface area contributed by atoms with Crippen molar-refractivity contribution < 1.29 is 18.3 Å². The highest BCUT2D eigenvalue weighted by Gasteiger charge is 2.66. The summed E-state index contributed by atoms with van der Waals surface area (Å²) in [5, 5.41) is 0. The van der Waals surface area contributed by atoms with Gasteiger partial charge in [-0.25, -0.2) is 8.78 Å². The summed E-state index contributed by atoms with van der Waals surface area (Å²) >= 11 is 0. The average Bonchev–Trinajstić information content (AvgIpc) is 1.88. The first-order valence-electron chi connectivity index (χ1n) is 3.48. The lowest BCUT2D eigenvalue weighted by Gasteiger charge is -2.50. The molecule has 0 aromatic heterocycles. The molecule has 1 aliphatic rings. The van der Waals surface area contributed by atoms with E-state index in [1.54, 1.807) is 0 Å². The van der Waals surface area contributed by atoms with E-state index in [4.69, 9.17) is 4.74 Å². The summed E-state index contributed by atoms with van der Waals surface area (Å²) in [6, 6.07) is 0. The van der Waals surface area contributed by atoms with E-state index >= 15 is 0 Å². The van der Waals surface area contributed by atoms with Crippen LogP contribution in [0.25, 0.3) is 0 Å². The lowest BCUT2D eigenvalue weighted by Crippen LogP contribution is -2.69. The second-order valence-corrected chi connectivity index (χ2v) is 3.05. The first kappa shape index (κ1) is 8.87. The van der Waals surface area contributed by atoms with E-state index in [1.807, 2.05) is 0 Å². The van der Waals surface area contributed by atoms with Gasteiger partial charge < -0.3 is 9.47 Å². The summed E-state index contributed by atoms with van der Waals surface area (Å²) < 4.78 is 35.5. The van der Waals surface area contributed by atoms with Crippen LogP contribution in [-0.4, -0.2) is 31.3 Å². The molecule has 1 aliphatic heterocycles. The predicted octanol–water partition coefficient (Wildman–Crippen LogP) is 1.45. The third-order valence-corrected chi connectivity index (χ3v) is 2.07. The highest BCUT2D eigenvalue weighted by molar-refractivity contribution is 5.04. The topological polar surface area (TPSA) is 18.5 Å². The molecule has 1 heterocycles. The number of hydrogen-bond donors (Lipinski definition) is 0. The molecule has 2 atom stereocenters. The molecule has 2 unspecified atom stereocenters. The maximum absolute atomic E-state index is 13.0. The summed E-state index contributed by atoms with van der Waals surface area (Å²) in [6.45, 7) is 2.65. The Labute approximate surface area is 64.5 Å². The molecule has 66 valence electrons. The highest BCUT2D eigenvalue weighted by Crippen LogP contribution is 2.46. The fourth-order valence-corrected chi connectivity index (χ4v) is 1.32. The van der Waals surface area contributed by atoms with Crippen LogP contribution >= 0.6 is 0 Å². The summed E-state index contributed by atoms with van der Waals surface area (Å²) in [6.07, 6.45) is -0.984. The summed E-state index contributed by atoms with van der Waals surface area (Å²) in [4.78, 5) is 0. The molecule has 0 aliphatic carbocycles. The van der Waals surface area contributed by atoms with Crippen molar-refractivity contribution >= 4 is 0 Å². The van der Waals surface area contributed by atoms with Crippen molar-refractivity contribution in [2.24, 2.45) is 0 Å². The first-order valence-corrected chi connectivity index (χ1v) is 3.48. The van der Waals surface area contributed by atoms with Crippen molar-refractivity contribution in [3.63, 3.8) is 0 Å². The zero-order valence-corrected chi connectivity index (χ0v) is 6.86. The van der Waals surface area contributed by atoms with E-state index in [0.717, 1.165) is 0 Å². The third kappa shape index (κ3) is 1.05. The van der Waals surface area contributed by atoms with Gasteiger partial charge in [-0.15, -0.1) is 0 Å². The number of rotatable bonds is 2. The van der Waals surface area contributed by atoms with Gasteiger partial charge in [-0.05, 0) is 13.8 Å². The van der Waals surface area contributed by atoms with Gasteiger partial charge in [-0.1, -0.05) is 0 Å². The molecule has 1 saturated heterocycles. The fourth-order valence-electron chi connectivity index (χ4n) is 1.32. The van der Waals surface area contributed by atoms with Crippen LogP contribution in [0.4, 0.5) is 8.78 Å². The van der Waals surface area contributed by atoms with E-state index in [9.17, 15) is 8.78 Å². The summed E-state index contributed by atoms with van der Waals surface area (Å²) in [7, 11) is 1.38. The van der Waals surface area contributed by atoms with Crippen molar-refractivity contribution in [2.75, 3.05) is 13.7 Å². The van der Waals surface area contributed by atoms with E-state index in [2.05, 4.69) is 4.74 Å². The molecule has 1 rings (SSSR count). The number of halogens is 2. The second-order valence-electron chi connectivity index (χ2n) is 3.05. The first-order chi connectivity index (χ1) is 4.94. The molecular formula is C7H12F2O2. The Morgan fingerprint density at radius 1 is 1.55 bits per heavy atom. The zero-order chi connectivity index (χ0) is 8.70. The maximum Gasteiger partial charge on any atom is 0.303 e. The van der Waals surface area contributed by atoms with Gasteiger partial charge in [0.2, 0.25) is 0 Å². The largest absolute Gasteiger partial charge is 0.381 e. The van der Waals surface area contributed by atoms with Crippen LogP contribution in [0.15, 0.2) is 0 Å². The Balaban J connectivity index is 2.62. The molecule has 4 heteroatoms. The van der Waals surface area contributed by atoms with Crippen LogP contribution in [0.1, 0.15) is 13.8 Å². The minimum Gasteiger partial charge on any atom is -0.381 e. The van der Waals surface area contributed by atoms with E-state index in [1.165, 1.54) is 21.0 Å². The van der Waals surface area contributed by atoms with Gasteiger partial charge in [0.25, 0.3) is 0 Å². The van der Waals surface area contributed by atoms with Gasteiger partial charge >= 0.3 is 5.92 Å². The Morgan fingerprint density at radius 2 is 2.09 bits per heavy atom. The molecule has 2 nitrogen and oxygen atoms in total. The van der Waals surface area contributed by atoms with Crippen molar-refractivity contribution in [1.82, 2.24) is 0 Å². The molecule has 1 fully saturated rings. The molecule has 0 aromatic carbocycles. The van der Waals surface area contributed by atoms with Crippen molar-refractivity contribution in [2.45, 2.75) is 31.5 Å². The molecule has 0 N–H and O–H groups in total. The standard InChI is InChI=1S/C7H12F2O2/c1-5-7(8,9)6(2,11-5)4-10-3/h5H,4H2,1-3H3. The van der Waals surface area contributed by atoms with Crippen molar-refractivity contribution in [1.29, 1.82) is 0 Å². The van der Waals surface area contributed by atoms with Crippen LogP contribution in [0.2, 0.25) is 0 Å². The van der Waals surface area contributed by atoms with Gasteiger partial charge in [-0.2, -0.15) is 0 Å². The SMILES string of the molecule is COCC1(C)OC(C)C1(F)F. The Bertz CT molecular complexity index is 157. The molecular weight excluding hydrogens is 154 g/mol. The van der Waals surface area contributed by atoms with Crippen LogP contribution < -0.4 is 0 Å². The van der Waals surface area contributed by atoms with E-state index in [0.29, 0.717) is 0 Å². The number of ether oxygens (including phenoxy) is 2. The smallest absolute Gasteiger partial charge is 0.303 e. The van der Waals surface area contributed by atoms with E-state index in [-0.39, 0.29) is 6.61 Å². The van der Waals surface area contributed by atoms with Gasteiger partial charge in [0.05, 0.1) is 6.61 Å². The summed E-state index contributed by atoms with van der Waals surface area (Å²) in [5.41, 5.74) is -1.42. The average molecular weight is 166 g/mol. The number of alkyl halides is 2. The molecule has 0 spiro atoms. The normalized spacial score (nSPS) is 41.7. The Kier molecular flexibility index (Phi) is 1.92. The molecule has 0 radical (unpaired) electrons. The monoisotopic (exact) mass is 166 g/mol. The van der Waals surface area contributed by atoms with Crippen LogP contribution in [-0.2, 0) is 9.47 Å². The van der Waals surface area contributed by atoms with E-state index < -0.39 is 17.6 Å². The predicted molar refractivity (Wildman–Crippen MR) is 35.8 cm³/mol. The molecule has 11 heavy (non-hydrogen) atoms. The third-order valence-electron chi connectivity index (χ3n) is 2.07.